The van der Waals surface area contributed by atoms with E-state index in [0.29, 0.717) is 6.61 Å². The van der Waals surface area contributed by atoms with Crippen LogP contribution in [0, 0.1) is 6.92 Å². The average Bonchev–Trinajstić information content (AvgIpc) is 2.37. The molecule has 2 rings (SSSR count). The summed E-state index contributed by atoms with van der Waals surface area (Å²) in [6.07, 6.45) is 0.108. The first-order valence-electron chi connectivity index (χ1n) is 6.32. The van der Waals surface area contributed by atoms with Gasteiger partial charge in [-0.05, 0) is 20.0 Å². The zero-order valence-electron chi connectivity index (χ0n) is 11.1. The Bertz CT molecular complexity index is 395. The van der Waals surface area contributed by atoms with Gasteiger partial charge in [0.2, 0.25) is 0 Å². The van der Waals surface area contributed by atoms with Crippen LogP contribution in [-0.2, 0) is 11.3 Å². The van der Waals surface area contributed by atoms with E-state index in [0.717, 1.165) is 36.6 Å². The zero-order valence-corrected chi connectivity index (χ0v) is 11.1. The molecule has 0 aromatic heterocycles. The van der Waals surface area contributed by atoms with Gasteiger partial charge in [0.25, 0.3) is 0 Å². The minimum absolute atomic E-state index is 0.00242. The van der Waals surface area contributed by atoms with E-state index >= 15 is 0 Å². The second-order valence-corrected chi connectivity index (χ2v) is 4.84. The largest absolute Gasteiger partial charge is 0.490 e. The minimum atomic E-state index is 0.00242. The Labute approximate surface area is 108 Å². The van der Waals surface area contributed by atoms with Crippen molar-refractivity contribution in [2.75, 3.05) is 33.4 Å². The van der Waals surface area contributed by atoms with E-state index in [1.54, 1.807) is 0 Å². The van der Waals surface area contributed by atoms with Crippen molar-refractivity contribution < 1.29 is 14.6 Å². The predicted molar refractivity (Wildman–Crippen MR) is 69.8 cm³/mol. The molecule has 1 aliphatic heterocycles. The average molecular weight is 251 g/mol. The molecule has 1 saturated heterocycles. The van der Waals surface area contributed by atoms with Crippen LogP contribution in [0.15, 0.2) is 18.2 Å². The van der Waals surface area contributed by atoms with Gasteiger partial charge in [0.1, 0.15) is 18.5 Å². The number of rotatable bonds is 4. The van der Waals surface area contributed by atoms with Crippen LogP contribution in [0.3, 0.4) is 0 Å². The highest BCUT2D eigenvalue weighted by atomic mass is 16.5. The summed E-state index contributed by atoms with van der Waals surface area (Å²) in [6.45, 7) is 5.15. The van der Waals surface area contributed by atoms with Gasteiger partial charge in [-0.3, -0.25) is 0 Å². The number of aliphatic hydroxyl groups is 1. The third-order valence-electron chi connectivity index (χ3n) is 3.15. The Morgan fingerprint density at radius 3 is 3.06 bits per heavy atom. The van der Waals surface area contributed by atoms with E-state index in [1.807, 2.05) is 25.1 Å². The summed E-state index contributed by atoms with van der Waals surface area (Å²) in [7, 11) is 2.08. The van der Waals surface area contributed by atoms with E-state index in [2.05, 4.69) is 11.9 Å². The van der Waals surface area contributed by atoms with E-state index in [4.69, 9.17) is 9.47 Å². The number of aliphatic hydroxyl groups excluding tert-OH is 1. The third kappa shape index (κ3) is 3.45. The van der Waals surface area contributed by atoms with Crippen molar-refractivity contribution in [3.8, 4) is 5.75 Å². The lowest BCUT2D eigenvalue weighted by Gasteiger charge is -2.30. The third-order valence-corrected chi connectivity index (χ3v) is 3.15. The summed E-state index contributed by atoms with van der Waals surface area (Å²) < 4.78 is 11.4. The molecule has 0 spiro atoms. The first-order valence-corrected chi connectivity index (χ1v) is 6.32. The van der Waals surface area contributed by atoms with Gasteiger partial charge < -0.3 is 19.5 Å². The second kappa shape index (κ2) is 6.18. The molecule has 4 nitrogen and oxygen atoms in total. The fourth-order valence-electron chi connectivity index (χ4n) is 2.12. The molecule has 1 unspecified atom stereocenters. The van der Waals surface area contributed by atoms with Crippen molar-refractivity contribution in [1.29, 1.82) is 0 Å². The maximum Gasteiger partial charge on any atom is 0.124 e. The standard InChI is InChI=1S/C14H21NO3/c1-11-3-4-14(12(7-11)9-16)18-10-13-8-15(2)5-6-17-13/h3-4,7,13,16H,5-6,8-10H2,1-2H3. The molecule has 1 atom stereocenters. The topological polar surface area (TPSA) is 41.9 Å². The number of benzene rings is 1. The molecule has 1 N–H and O–H groups in total. The van der Waals surface area contributed by atoms with Crippen LogP contribution in [0.4, 0.5) is 0 Å². The van der Waals surface area contributed by atoms with Crippen molar-refractivity contribution in [2.45, 2.75) is 19.6 Å². The molecular formula is C14H21NO3. The van der Waals surface area contributed by atoms with Crippen molar-refractivity contribution >= 4 is 0 Å². The van der Waals surface area contributed by atoms with Gasteiger partial charge in [0, 0.05) is 18.7 Å². The van der Waals surface area contributed by atoms with Crippen molar-refractivity contribution in [2.24, 2.45) is 0 Å². The minimum Gasteiger partial charge on any atom is -0.490 e. The molecule has 0 radical (unpaired) electrons. The maximum absolute atomic E-state index is 9.30. The maximum atomic E-state index is 9.30. The summed E-state index contributed by atoms with van der Waals surface area (Å²) >= 11 is 0. The molecule has 1 heterocycles. The molecule has 1 aromatic carbocycles. The Balaban J connectivity index is 1.93. The van der Waals surface area contributed by atoms with Gasteiger partial charge in [0.15, 0.2) is 0 Å². The van der Waals surface area contributed by atoms with Gasteiger partial charge in [-0.25, -0.2) is 0 Å². The van der Waals surface area contributed by atoms with Gasteiger partial charge in [0.05, 0.1) is 13.2 Å². The summed E-state index contributed by atoms with van der Waals surface area (Å²) in [5, 5.41) is 9.30. The Morgan fingerprint density at radius 1 is 1.50 bits per heavy atom. The van der Waals surface area contributed by atoms with Crippen LogP contribution in [-0.4, -0.2) is 49.5 Å². The number of morpholine rings is 1. The molecule has 4 heteroatoms. The van der Waals surface area contributed by atoms with Crippen LogP contribution in [0.5, 0.6) is 5.75 Å². The highest BCUT2D eigenvalue weighted by molar-refractivity contribution is 5.36. The van der Waals surface area contributed by atoms with E-state index in [1.165, 1.54) is 0 Å². The van der Waals surface area contributed by atoms with Crippen molar-refractivity contribution in [1.82, 2.24) is 4.90 Å². The highest BCUT2D eigenvalue weighted by Gasteiger charge is 2.18. The Hall–Kier alpha value is -1.10. The molecule has 1 aromatic rings. The van der Waals surface area contributed by atoms with Crippen LogP contribution >= 0.6 is 0 Å². The van der Waals surface area contributed by atoms with E-state index < -0.39 is 0 Å². The monoisotopic (exact) mass is 251 g/mol. The number of aryl methyl sites for hydroxylation is 1. The highest BCUT2D eigenvalue weighted by Crippen LogP contribution is 2.20. The molecule has 1 fully saturated rings. The fourth-order valence-corrected chi connectivity index (χ4v) is 2.12. The van der Waals surface area contributed by atoms with E-state index in [9.17, 15) is 5.11 Å². The van der Waals surface area contributed by atoms with Gasteiger partial charge in [-0.2, -0.15) is 0 Å². The molecule has 0 amide bonds. The second-order valence-electron chi connectivity index (χ2n) is 4.84. The SMILES string of the molecule is Cc1ccc(OCC2CN(C)CCO2)c(CO)c1. The summed E-state index contributed by atoms with van der Waals surface area (Å²) in [6, 6.07) is 5.85. The lowest BCUT2D eigenvalue weighted by molar-refractivity contribution is -0.0405. The lowest BCUT2D eigenvalue weighted by Crippen LogP contribution is -2.42. The van der Waals surface area contributed by atoms with Crippen LogP contribution in [0.1, 0.15) is 11.1 Å². The van der Waals surface area contributed by atoms with Crippen molar-refractivity contribution in [3.05, 3.63) is 29.3 Å². The summed E-state index contributed by atoms with van der Waals surface area (Å²) in [5.74, 6) is 0.750. The normalized spacial score (nSPS) is 20.9. The molecule has 0 bridgehead atoms. The Morgan fingerprint density at radius 2 is 2.33 bits per heavy atom. The molecule has 0 saturated carbocycles. The number of nitrogens with zero attached hydrogens (tertiary/aromatic N) is 1. The molecule has 18 heavy (non-hydrogen) atoms. The van der Waals surface area contributed by atoms with Crippen LogP contribution < -0.4 is 4.74 Å². The summed E-state index contributed by atoms with van der Waals surface area (Å²) in [5.41, 5.74) is 1.96. The number of hydrogen-bond donors (Lipinski definition) is 1. The predicted octanol–water partition coefficient (Wildman–Crippen LogP) is 1.20. The molecule has 1 aliphatic rings. The molecule has 100 valence electrons. The molecule has 0 aliphatic carbocycles. The lowest BCUT2D eigenvalue weighted by atomic mass is 10.1. The fraction of sp³-hybridized carbons (Fsp3) is 0.571. The Kier molecular flexibility index (Phi) is 4.58. The van der Waals surface area contributed by atoms with Gasteiger partial charge in [-0.15, -0.1) is 0 Å². The van der Waals surface area contributed by atoms with E-state index in [-0.39, 0.29) is 12.7 Å². The number of hydrogen-bond acceptors (Lipinski definition) is 4. The van der Waals surface area contributed by atoms with Gasteiger partial charge in [-0.1, -0.05) is 17.7 Å². The number of ether oxygens (including phenoxy) is 2. The van der Waals surface area contributed by atoms with Crippen molar-refractivity contribution in [3.63, 3.8) is 0 Å². The zero-order chi connectivity index (χ0) is 13.0. The number of likely N-dealkylation sites (N-methyl/N-ethyl adjacent to an activating group) is 1. The first kappa shape index (κ1) is 13.3. The quantitative estimate of drug-likeness (QED) is 0.873. The van der Waals surface area contributed by atoms with Crippen LogP contribution in [0.25, 0.3) is 0 Å². The summed E-state index contributed by atoms with van der Waals surface area (Å²) in [4.78, 5) is 2.24. The smallest absolute Gasteiger partial charge is 0.124 e. The molecular weight excluding hydrogens is 230 g/mol. The van der Waals surface area contributed by atoms with Crippen LogP contribution in [0.2, 0.25) is 0 Å². The van der Waals surface area contributed by atoms with Gasteiger partial charge >= 0.3 is 0 Å². The first-order chi connectivity index (χ1) is 8.69.